The smallest absolute Gasteiger partial charge is 0.335 e. The van der Waals surface area contributed by atoms with Gasteiger partial charge in [-0.15, -0.1) is 0 Å². The van der Waals surface area contributed by atoms with Crippen molar-refractivity contribution in [3.63, 3.8) is 0 Å². The van der Waals surface area contributed by atoms with Gasteiger partial charge in [-0.2, -0.15) is 0 Å². The van der Waals surface area contributed by atoms with E-state index in [2.05, 4.69) is 19.9 Å². The third-order valence-corrected chi connectivity index (χ3v) is 9.41. The molecule has 8 unspecified atom stereocenters. The Morgan fingerprint density at radius 3 is 2.64 bits per heavy atom. The highest BCUT2D eigenvalue weighted by Crippen LogP contribution is 2.72. The highest BCUT2D eigenvalue weighted by Gasteiger charge is 2.83. The molecule has 36 heavy (non-hydrogen) atoms. The fourth-order valence-corrected chi connectivity index (χ4v) is 6.84. The number of hydrogen-bond donors (Lipinski definition) is 1. The number of ether oxygens (including phenoxy) is 5. The maximum atomic E-state index is 13.0. The molecule has 3 heterocycles. The first-order valence-electron chi connectivity index (χ1n) is 13.1. The van der Waals surface area contributed by atoms with Crippen LogP contribution in [0.1, 0.15) is 53.4 Å². The number of aliphatic hydroxyl groups excluding tert-OH is 1. The van der Waals surface area contributed by atoms with E-state index in [1.807, 2.05) is 19.9 Å². The zero-order valence-corrected chi connectivity index (χ0v) is 21.6. The van der Waals surface area contributed by atoms with E-state index in [9.17, 15) is 14.7 Å². The molecule has 2 bridgehead atoms. The van der Waals surface area contributed by atoms with E-state index in [-0.39, 0.29) is 30.8 Å². The van der Waals surface area contributed by atoms with Gasteiger partial charge in [0.15, 0.2) is 6.10 Å². The number of carbonyl (C=O) groups excluding carboxylic acids is 2. The van der Waals surface area contributed by atoms with E-state index < -0.39 is 40.6 Å². The molecular weight excluding hydrogens is 464 g/mol. The summed E-state index contributed by atoms with van der Waals surface area (Å²) in [6.07, 6.45) is 8.93. The molecule has 3 aliphatic heterocycles. The van der Waals surface area contributed by atoms with E-state index >= 15 is 0 Å². The Kier molecular flexibility index (Phi) is 6.69. The van der Waals surface area contributed by atoms with Gasteiger partial charge in [-0.3, -0.25) is 0 Å². The summed E-state index contributed by atoms with van der Waals surface area (Å²) in [6, 6.07) is 0. The zero-order valence-electron chi connectivity index (χ0n) is 21.6. The van der Waals surface area contributed by atoms with Crippen molar-refractivity contribution in [3.05, 3.63) is 36.0 Å². The molecule has 1 saturated carbocycles. The molecule has 0 aromatic heterocycles. The minimum Gasteiger partial charge on any atom is -0.463 e. The van der Waals surface area contributed by atoms with E-state index in [0.29, 0.717) is 32.5 Å². The summed E-state index contributed by atoms with van der Waals surface area (Å²) >= 11 is 0. The average molecular weight is 503 g/mol. The summed E-state index contributed by atoms with van der Waals surface area (Å²) in [5.41, 5.74) is -0.649. The van der Waals surface area contributed by atoms with Gasteiger partial charge in [-0.1, -0.05) is 43.7 Å². The van der Waals surface area contributed by atoms with Crippen molar-refractivity contribution in [1.29, 1.82) is 0 Å². The second-order valence-corrected chi connectivity index (χ2v) is 11.4. The first-order valence-corrected chi connectivity index (χ1v) is 13.1. The summed E-state index contributed by atoms with van der Waals surface area (Å²) in [4.78, 5) is 25.9. The predicted molar refractivity (Wildman–Crippen MR) is 130 cm³/mol. The van der Waals surface area contributed by atoms with Crippen LogP contribution in [0.25, 0.3) is 0 Å². The molecule has 0 amide bonds. The lowest BCUT2D eigenvalue weighted by Gasteiger charge is -2.58. The van der Waals surface area contributed by atoms with E-state index in [1.165, 1.54) is 11.6 Å². The highest BCUT2D eigenvalue weighted by molar-refractivity contribution is 5.82. The van der Waals surface area contributed by atoms with Crippen molar-refractivity contribution < 1.29 is 38.4 Å². The van der Waals surface area contributed by atoms with Gasteiger partial charge in [0.1, 0.15) is 18.3 Å². The monoisotopic (exact) mass is 502 g/mol. The van der Waals surface area contributed by atoms with Crippen molar-refractivity contribution in [1.82, 2.24) is 0 Å². The van der Waals surface area contributed by atoms with Gasteiger partial charge in [0.25, 0.3) is 0 Å². The number of allylic oxidation sites excluding steroid dienone is 3. The van der Waals surface area contributed by atoms with E-state index in [4.69, 9.17) is 23.7 Å². The summed E-state index contributed by atoms with van der Waals surface area (Å²) in [6.45, 7) is 8.85. The van der Waals surface area contributed by atoms with Gasteiger partial charge in [0.05, 0.1) is 30.3 Å². The Labute approximate surface area is 212 Å². The first-order chi connectivity index (χ1) is 17.1. The minimum absolute atomic E-state index is 0.0541. The third-order valence-electron chi connectivity index (χ3n) is 9.41. The van der Waals surface area contributed by atoms with Crippen molar-refractivity contribution >= 4 is 11.9 Å². The van der Waals surface area contributed by atoms with Crippen LogP contribution in [0.15, 0.2) is 36.0 Å². The number of esters is 2. The van der Waals surface area contributed by atoms with Crippen LogP contribution in [0.4, 0.5) is 0 Å². The zero-order chi connectivity index (χ0) is 25.7. The molecule has 9 atom stereocenters. The maximum Gasteiger partial charge on any atom is 0.335 e. The molecule has 0 radical (unpaired) electrons. The van der Waals surface area contributed by atoms with Crippen LogP contribution in [0, 0.1) is 16.7 Å². The fourth-order valence-electron chi connectivity index (χ4n) is 6.84. The van der Waals surface area contributed by atoms with E-state index in [1.54, 1.807) is 12.2 Å². The number of epoxide rings is 1. The summed E-state index contributed by atoms with van der Waals surface area (Å²) in [7, 11) is 0. The lowest BCUT2D eigenvalue weighted by atomic mass is 9.51. The van der Waals surface area contributed by atoms with Gasteiger partial charge < -0.3 is 28.8 Å². The second kappa shape index (κ2) is 9.39. The number of carbonyl (C=O) groups is 2. The standard InChI is InChI=1S/C28H38O8/c1-17-9-11-27-15-33-25(31)24(30)18(2)10-12-32-19(3)7-5-6-8-23(29)36-20-14-22(35-21(27)13-17)28(16-34-28)26(20,27)4/h5-8,13,18-22,24,30H,9-12,14-16H2,1-4H3/t18?,19?,20?,21?,22?,24?,26-,27?,28?/m1/s1. The van der Waals surface area contributed by atoms with Crippen LogP contribution in [-0.2, 0) is 33.3 Å². The lowest BCUT2D eigenvalue weighted by molar-refractivity contribution is -0.234. The maximum absolute atomic E-state index is 13.0. The molecule has 2 spiro atoms. The molecule has 0 aromatic rings. The fraction of sp³-hybridized carbons (Fsp3) is 0.714. The van der Waals surface area contributed by atoms with Crippen LogP contribution < -0.4 is 0 Å². The molecule has 1 N–H and O–H groups in total. The molecule has 5 aliphatic rings. The van der Waals surface area contributed by atoms with Crippen LogP contribution in [0.3, 0.4) is 0 Å². The molecule has 8 nitrogen and oxygen atoms in total. The molecule has 2 aliphatic carbocycles. The van der Waals surface area contributed by atoms with Gasteiger partial charge in [-0.25, -0.2) is 9.59 Å². The average Bonchev–Trinajstić information content (AvgIpc) is 3.62. The first kappa shape index (κ1) is 25.6. The summed E-state index contributed by atoms with van der Waals surface area (Å²) in [5.74, 6) is -1.41. The van der Waals surface area contributed by atoms with Crippen molar-refractivity contribution in [2.24, 2.45) is 16.7 Å². The van der Waals surface area contributed by atoms with Crippen molar-refractivity contribution in [2.75, 3.05) is 19.8 Å². The molecule has 0 aromatic carbocycles. The number of rotatable bonds is 0. The largest absolute Gasteiger partial charge is 0.463 e. The molecule has 3 fully saturated rings. The Morgan fingerprint density at radius 1 is 1.11 bits per heavy atom. The summed E-state index contributed by atoms with van der Waals surface area (Å²) in [5, 5.41) is 10.7. The van der Waals surface area contributed by atoms with Gasteiger partial charge in [0, 0.05) is 24.5 Å². The van der Waals surface area contributed by atoms with Crippen molar-refractivity contribution in [3.8, 4) is 0 Å². The Morgan fingerprint density at radius 2 is 1.89 bits per heavy atom. The Hall–Kier alpha value is -2.00. The number of hydrogen-bond acceptors (Lipinski definition) is 8. The molecular formula is C28H38O8. The second-order valence-electron chi connectivity index (χ2n) is 11.4. The van der Waals surface area contributed by atoms with Gasteiger partial charge >= 0.3 is 11.9 Å². The SMILES string of the molecule is CC1=CC2OC3CC4OC(=O)C=CC=CC(C)OCCC(C)C(O)C(=O)OCC2(CC1)[C@]4(C)C31CO1. The van der Waals surface area contributed by atoms with Gasteiger partial charge in [0.2, 0.25) is 0 Å². The van der Waals surface area contributed by atoms with Crippen LogP contribution in [0.5, 0.6) is 0 Å². The van der Waals surface area contributed by atoms with E-state index in [0.717, 1.165) is 6.42 Å². The van der Waals surface area contributed by atoms with Crippen molar-refractivity contribution in [2.45, 2.75) is 89.5 Å². The quantitative estimate of drug-likeness (QED) is 0.306. The topological polar surface area (TPSA) is 104 Å². The van der Waals surface area contributed by atoms with Crippen LogP contribution in [-0.4, -0.2) is 73.0 Å². The van der Waals surface area contributed by atoms with Crippen LogP contribution in [0.2, 0.25) is 0 Å². The minimum atomic E-state index is -1.26. The van der Waals surface area contributed by atoms with Crippen LogP contribution >= 0.6 is 0 Å². The predicted octanol–water partition coefficient (Wildman–Crippen LogP) is 3.03. The number of aliphatic hydroxyl groups is 1. The Balaban J connectivity index is 1.52. The normalized spacial score (nSPS) is 47.3. The highest BCUT2D eigenvalue weighted by atomic mass is 16.6. The summed E-state index contributed by atoms with van der Waals surface area (Å²) < 4.78 is 30.4. The third kappa shape index (κ3) is 3.97. The molecule has 198 valence electrons. The lowest BCUT2D eigenvalue weighted by Crippen LogP contribution is -2.66. The molecule has 5 rings (SSSR count). The Bertz CT molecular complexity index is 980. The number of cyclic esters (lactones) is 1. The van der Waals surface area contributed by atoms with Gasteiger partial charge in [-0.05, 0) is 39.0 Å². The molecule has 8 heteroatoms. The molecule has 2 saturated heterocycles.